The Bertz CT molecular complexity index is 1050. The Hall–Kier alpha value is -2.89. The maximum atomic E-state index is 13.2. The molecule has 1 spiro atoms. The van der Waals surface area contributed by atoms with Crippen LogP contribution in [0.1, 0.15) is 17.0 Å². The summed E-state index contributed by atoms with van der Waals surface area (Å²) < 4.78 is 6.43. The van der Waals surface area contributed by atoms with Crippen molar-refractivity contribution < 1.29 is 14.5 Å². The van der Waals surface area contributed by atoms with E-state index in [1.807, 2.05) is 0 Å². The molecule has 1 N–H and O–H groups in total. The van der Waals surface area contributed by atoms with E-state index < -0.39 is 17.5 Å². The minimum atomic E-state index is -1.39. The molecule has 0 aliphatic carbocycles. The number of carbonyl (C=O) groups is 1. The van der Waals surface area contributed by atoms with Crippen molar-refractivity contribution in [2.45, 2.75) is 17.5 Å². The highest BCUT2D eigenvalue weighted by Crippen LogP contribution is 2.53. The highest BCUT2D eigenvalue weighted by molar-refractivity contribution is 9.10. The van der Waals surface area contributed by atoms with Gasteiger partial charge in [0.2, 0.25) is 0 Å². The van der Waals surface area contributed by atoms with E-state index in [9.17, 15) is 14.9 Å². The number of fused-ring (bicyclic) bond motifs is 2. The minimum Gasteiger partial charge on any atom is -0.481 e. The van der Waals surface area contributed by atoms with E-state index in [-0.39, 0.29) is 17.4 Å². The van der Waals surface area contributed by atoms with Gasteiger partial charge in [-0.15, -0.1) is 6.42 Å². The third kappa shape index (κ3) is 2.81. The van der Waals surface area contributed by atoms with Gasteiger partial charge in [0.15, 0.2) is 5.54 Å². The summed E-state index contributed by atoms with van der Waals surface area (Å²) in [6, 6.07) is 11.3. The fraction of sp³-hybridized carbons (Fsp3) is 0.286. The number of likely N-dealkylation sites (N-methyl/N-ethyl adjacent to an activating group) is 1. The standard InChI is InChI=1S/C21H18BrN3O4/c1-3-10-29-18-9-8-13(22)11-14(18)15-12-24(2)21(19(15)25(27)28)16-6-4-5-7-17(16)23-20(21)26/h1,4-9,11,15,19H,10,12H2,2H3,(H,23,26)/t15-,19+,21+/m0/s1. The van der Waals surface area contributed by atoms with Gasteiger partial charge in [0.1, 0.15) is 12.4 Å². The van der Waals surface area contributed by atoms with E-state index in [1.165, 1.54) is 0 Å². The van der Waals surface area contributed by atoms with Gasteiger partial charge in [-0.3, -0.25) is 19.8 Å². The second-order valence-corrected chi connectivity index (χ2v) is 8.07. The number of likely N-dealkylation sites (tertiary alicyclic amines) is 1. The smallest absolute Gasteiger partial charge is 0.256 e. The summed E-state index contributed by atoms with van der Waals surface area (Å²) in [7, 11) is 1.75. The molecule has 1 fully saturated rings. The summed E-state index contributed by atoms with van der Waals surface area (Å²) in [5, 5.41) is 15.2. The number of amides is 1. The van der Waals surface area contributed by atoms with Crippen LogP contribution in [-0.2, 0) is 10.3 Å². The van der Waals surface area contributed by atoms with Crippen LogP contribution in [0.5, 0.6) is 5.75 Å². The second kappa shape index (κ2) is 7.17. The SMILES string of the molecule is C#CCOc1ccc(Br)cc1[C@@H]1CN(C)[C@@]2(C(=O)Nc3ccccc32)[C@@H]1[N+](=O)[O-]. The molecule has 1 amide bonds. The lowest BCUT2D eigenvalue weighted by Gasteiger charge is -2.30. The molecular formula is C21H18BrN3O4. The van der Waals surface area contributed by atoms with Crippen LogP contribution in [0, 0.1) is 22.5 Å². The predicted molar refractivity (Wildman–Crippen MR) is 111 cm³/mol. The van der Waals surface area contributed by atoms with E-state index in [0.717, 1.165) is 4.47 Å². The van der Waals surface area contributed by atoms with Gasteiger partial charge >= 0.3 is 0 Å². The zero-order valence-electron chi connectivity index (χ0n) is 15.6. The van der Waals surface area contributed by atoms with Crippen molar-refractivity contribution >= 4 is 27.5 Å². The van der Waals surface area contributed by atoms with Crippen molar-refractivity contribution in [3.05, 3.63) is 68.2 Å². The Balaban J connectivity index is 1.89. The zero-order valence-corrected chi connectivity index (χ0v) is 17.2. The molecule has 2 aliphatic heterocycles. The summed E-state index contributed by atoms with van der Waals surface area (Å²) in [4.78, 5) is 27.0. The minimum absolute atomic E-state index is 0.0504. The molecule has 2 aliphatic rings. The van der Waals surface area contributed by atoms with Gasteiger partial charge in [-0.25, -0.2) is 0 Å². The number of benzene rings is 2. The number of para-hydroxylation sites is 1. The van der Waals surface area contributed by atoms with Crippen LogP contribution in [0.3, 0.4) is 0 Å². The third-order valence-electron chi connectivity index (χ3n) is 5.72. The molecule has 0 radical (unpaired) electrons. The lowest BCUT2D eigenvalue weighted by atomic mass is 9.79. The Morgan fingerprint density at radius 2 is 2.17 bits per heavy atom. The van der Waals surface area contributed by atoms with Crippen LogP contribution in [0.4, 0.5) is 5.69 Å². The van der Waals surface area contributed by atoms with Crippen LogP contribution >= 0.6 is 15.9 Å². The van der Waals surface area contributed by atoms with Crippen molar-refractivity contribution in [1.82, 2.24) is 4.90 Å². The van der Waals surface area contributed by atoms with E-state index in [4.69, 9.17) is 11.2 Å². The third-order valence-corrected chi connectivity index (χ3v) is 6.22. The van der Waals surface area contributed by atoms with E-state index in [2.05, 4.69) is 27.2 Å². The molecule has 3 atom stereocenters. The Kier molecular flexibility index (Phi) is 4.81. The second-order valence-electron chi connectivity index (χ2n) is 7.16. The molecule has 0 bridgehead atoms. The first-order valence-corrected chi connectivity index (χ1v) is 9.82. The van der Waals surface area contributed by atoms with Gasteiger partial charge in [0.05, 0.1) is 5.92 Å². The molecule has 148 valence electrons. The van der Waals surface area contributed by atoms with Crippen LogP contribution < -0.4 is 10.1 Å². The molecule has 2 aromatic carbocycles. The number of nitrogens with zero attached hydrogens (tertiary/aromatic N) is 2. The first-order chi connectivity index (χ1) is 13.9. The topological polar surface area (TPSA) is 84.7 Å². The molecule has 4 rings (SSSR count). The van der Waals surface area contributed by atoms with Crippen molar-refractivity contribution in [1.29, 1.82) is 0 Å². The molecule has 0 saturated carbocycles. The Labute approximate surface area is 176 Å². The lowest BCUT2D eigenvalue weighted by Crippen LogP contribution is -2.54. The van der Waals surface area contributed by atoms with Crippen molar-refractivity contribution in [2.75, 3.05) is 25.5 Å². The molecule has 0 unspecified atom stereocenters. The van der Waals surface area contributed by atoms with Crippen molar-refractivity contribution in [3.63, 3.8) is 0 Å². The first kappa shape index (κ1) is 19.4. The van der Waals surface area contributed by atoms with Crippen LogP contribution in [0.2, 0.25) is 0 Å². The predicted octanol–water partition coefficient (Wildman–Crippen LogP) is 2.98. The van der Waals surface area contributed by atoms with E-state index in [0.29, 0.717) is 29.1 Å². The number of terminal acetylenes is 1. The number of carbonyl (C=O) groups excluding carboxylic acids is 1. The van der Waals surface area contributed by atoms with Crippen molar-refractivity contribution in [2.24, 2.45) is 0 Å². The van der Waals surface area contributed by atoms with Crippen LogP contribution in [0.15, 0.2) is 46.9 Å². The molecule has 2 heterocycles. The average Bonchev–Trinajstić information content (AvgIpc) is 3.16. The van der Waals surface area contributed by atoms with Gasteiger partial charge in [0.25, 0.3) is 11.9 Å². The number of anilines is 1. The molecular weight excluding hydrogens is 438 g/mol. The Morgan fingerprint density at radius 3 is 2.90 bits per heavy atom. The summed E-state index contributed by atoms with van der Waals surface area (Å²) >= 11 is 3.44. The fourth-order valence-electron chi connectivity index (χ4n) is 4.62. The highest BCUT2D eigenvalue weighted by Gasteiger charge is 2.68. The number of hydrogen-bond acceptors (Lipinski definition) is 5. The van der Waals surface area contributed by atoms with Crippen LogP contribution in [-0.4, -0.2) is 42.0 Å². The van der Waals surface area contributed by atoms with Gasteiger partial charge < -0.3 is 10.1 Å². The fourth-order valence-corrected chi connectivity index (χ4v) is 5.00. The number of hydrogen-bond donors (Lipinski definition) is 1. The largest absolute Gasteiger partial charge is 0.481 e. The lowest BCUT2D eigenvalue weighted by molar-refractivity contribution is -0.534. The monoisotopic (exact) mass is 455 g/mol. The number of nitrogens with one attached hydrogen (secondary N) is 1. The molecule has 7 nitrogen and oxygen atoms in total. The molecule has 0 aromatic heterocycles. The van der Waals surface area contributed by atoms with Gasteiger partial charge in [-0.2, -0.15) is 0 Å². The van der Waals surface area contributed by atoms with Crippen molar-refractivity contribution in [3.8, 4) is 18.1 Å². The highest BCUT2D eigenvalue weighted by atomic mass is 79.9. The first-order valence-electron chi connectivity index (χ1n) is 9.02. The molecule has 8 heteroatoms. The van der Waals surface area contributed by atoms with Gasteiger partial charge in [0, 0.05) is 32.8 Å². The van der Waals surface area contributed by atoms with E-state index in [1.54, 1.807) is 54.4 Å². The summed E-state index contributed by atoms with van der Waals surface area (Å²) in [6.07, 6.45) is 5.32. The van der Waals surface area contributed by atoms with Gasteiger partial charge in [-0.1, -0.05) is 40.0 Å². The zero-order chi connectivity index (χ0) is 20.8. The van der Waals surface area contributed by atoms with Crippen LogP contribution in [0.25, 0.3) is 0 Å². The van der Waals surface area contributed by atoms with E-state index >= 15 is 0 Å². The molecule has 2 aromatic rings. The van der Waals surface area contributed by atoms with Gasteiger partial charge in [-0.05, 0) is 31.3 Å². The quantitative estimate of drug-likeness (QED) is 0.435. The number of rotatable bonds is 4. The number of nitro groups is 1. The Morgan fingerprint density at radius 1 is 1.41 bits per heavy atom. The summed E-state index contributed by atoms with van der Waals surface area (Å²) in [5.74, 6) is 1.95. The number of ether oxygens (including phenoxy) is 1. The summed E-state index contributed by atoms with van der Waals surface area (Å²) in [6.45, 7) is 0.366. The number of halogens is 1. The maximum Gasteiger partial charge on any atom is 0.256 e. The summed E-state index contributed by atoms with van der Waals surface area (Å²) in [5.41, 5.74) is 0.487. The normalized spacial score (nSPS) is 25.5. The average molecular weight is 456 g/mol. The molecule has 1 saturated heterocycles. The maximum absolute atomic E-state index is 13.2. The molecule has 29 heavy (non-hydrogen) atoms.